The van der Waals surface area contributed by atoms with Crippen LogP contribution in [0, 0.1) is 0 Å². The van der Waals surface area contributed by atoms with Crippen molar-refractivity contribution < 1.29 is 34.3 Å². The van der Waals surface area contributed by atoms with Gasteiger partial charge in [-0.2, -0.15) is 0 Å². The Kier molecular flexibility index (Phi) is 6.16. The van der Waals surface area contributed by atoms with Gasteiger partial charge in [-0.3, -0.25) is 0 Å². The van der Waals surface area contributed by atoms with Crippen molar-refractivity contribution in [3.63, 3.8) is 0 Å². The highest BCUT2D eigenvalue weighted by Gasteiger charge is 2.38. The Labute approximate surface area is 164 Å². The first-order valence-corrected chi connectivity index (χ1v) is 9.11. The van der Waals surface area contributed by atoms with Crippen molar-refractivity contribution in [3.05, 3.63) is 41.0 Å². The van der Waals surface area contributed by atoms with Crippen LogP contribution in [-0.4, -0.2) is 49.9 Å². The molecule has 0 aliphatic carbocycles. The second-order valence-corrected chi connectivity index (χ2v) is 6.65. The lowest BCUT2D eigenvalue weighted by atomic mass is 9.90. The van der Waals surface area contributed by atoms with E-state index < -0.39 is 6.10 Å². The van der Waals surface area contributed by atoms with Gasteiger partial charge in [0.2, 0.25) is 5.75 Å². The van der Waals surface area contributed by atoms with Gasteiger partial charge in [-0.15, -0.1) is 0 Å². The SMILES string of the molecule is COc1cc(C2Oc3c(OC)cc(CCCO)cc3C2CO)cc(OC)c1O. The van der Waals surface area contributed by atoms with E-state index in [-0.39, 0.29) is 36.4 Å². The summed E-state index contributed by atoms with van der Waals surface area (Å²) in [6.07, 6.45) is 0.844. The predicted octanol–water partition coefficient (Wildman–Crippen LogP) is 2.55. The van der Waals surface area contributed by atoms with Crippen molar-refractivity contribution in [1.29, 1.82) is 0 Å². The highest BCUT2D eigenvalue weighted by atomic mass is 16.5. The molecular weight excluding hydrogens is 364 g/mol. The van der Waals surface area contributed by atoms with Gasteiger partial charge in [0.25, 0.3) is 0 Å². The smallest absolute Gasteiger partial charge is 0.200 e. The fourth-order valence-electron chi connectivity index (χ4n) is 3.61. The Morgan fingerprint density at radius 3 is 2.11 bits per heavy atom. The van der Waals surface area contributed by atoms with E-state index in [1.165, 1.54) is 14.2 Å². The van der Waals surface area contributed by atoms with Crippen LogP contribution >= 0.6 is 0 Å². The van der Waals surface area contributed by atoms with Crippen LogP contribution in [0.2, 0.25) is 0 Å². The lowest BCUT2D eigenvalue weighted by Gasteiger charge is -2.20. The summed E-state index contributed by atoms with van der Waals surface area (Å²) in [5.74, 6) is 1.29. The number of hydrogen-bond donors (Lipinski definition) is 3. The van der Waals surface area contributed by atoms with Gasteiger partial charge in [0.05, 0.1) is 33.9 Å². The number of hydrogen-bond acceptors (Lipinski definition) is 7. The van der Waals surface area contributed by atoms with E-state index in [4.69, 9.17) is 24.1 Å². The van der Waals surface area contributed by atoms with Crippen LogP contribution < -0.4 is 18.9 Å². The Hall–Kier alpha value is -2.64. The number of ether oxygens (including phenoxy) is 4. The molecule has 0 saturated carbocycles. The first kappa shape index (κ1) is 20.1. The molecule has 2 aromatic carbocycles. The van der Waals surface area contributed by atoms with E-state index in [1.54, 1.807) is 19.2 Å². The van der Waals surface area contributed by atoms with Gasteiger partial charge in [-0.1, -0.05) is 6.07 Å². The summed E-state index contributed by atoms with van der Waals surface area (Å²) in [5, 5.41) is 29.4. The molecule has 1 aliphatic heterocycles. The van der Waals surface area contributed by atoms with Crippen LogP contribution in [0.5, 0.6) is 28.7 Å². The fourth-order valence-corrected chi connectivity index (χ4v) is 3.61. The fraction of sp³-hybridized carbons (Fsp3) is 0.429. The van der Waals surface area contributed by atoms with Crippen LogP contribution in [0.25, 0.3) is 0 Å². The minimum absolute atomic E-state index is 0.0892. The quantitative estimate of drug-likeness (QED) is 0.637. The predicted molar refractivity (Wildman–Crippen MR) is 103 cm³/mol. The van der Waals surface area contributed by atoms with Crippen molar-refractivity contribution in [2.24, 2.45) is 0 Å². The Morgan fingerprint density at radius 2 is 1.57 bits per heavy atom. The Morgan fingerprint density at radius 1 is 0.929 bits per heavy atom. The molecule has 28 heavy (non-hydrogen) atoms. The van der Waals surface area contributed by atoms with E-state index in [0.29, 0.717) is 29.9 Å². The van der Waals surface area contributed by atoms with Crippen molar-refractivity contribution in [2.75, 3.05) is 34.5 Å². The Balaban J connectivity index is 2.05. The number of methoxy groups -OCH3 is 3. The number of aromatic hydroxyl groups is 1. The molecule has 0 spiro atoms. The third kappa shape index (κ3) is 3.55. The molecule has 2 unspecified atom stereocenters. The van der Waals surface area contributed by atoms with Crippen LogP contribution in [0.15, 0.2) is 24.3 Å². The molecular formula is C21H26O7. The molecule has 7 heteroatoms. The number of fused-ring (bicyclic) bond motifs is 1. The zero-order chi connectivity index (χ0) is 20.3. The molecule has 2 aromatic rings. The molecule has 7 nitrogen and oxygen atoms in total. The third-order valence-corrected chi connectivity index (χ3v) is 5.02. The normalized spacial score (nSPS) is 17.8. The molecule has 3 rings (SSSR count). The number of rotatable bonds is 8. The molecule has 1 aliphatic rings. The van der Waals surface area contributed by atoms with Crippen LogP contribution in [0.3, 0.4) is 0 Å². The van der Waals surface area contributed by atoms with Crippen molar-refractivity contribution >= 4 is 0 Å². The lowest BCUT2D eigenvalue weighted by Crippen LogP contribution is -2.13. The van der Waals surface area contributed by atoms with Gasteiger partial charge in [0.1, 0.15) is 6.10 Å². The summed E-state index contributed by atoms with van der Waals surface area (Å²) in [7, 11) is 4.49. The highest BCUT2D eigenvalue weighted by molar-refractivity contribution is 5.58. The topological polar surface area (TPSA) is 97.6 Å². The third-order valence-electron chi connectivity index (χ3n) is 5.02. The average molecular weight is 390 g/mol. The van der Waals surface area contributed by atoms with Gasteiger partial charge in [0, 0.05) is 17.7 Å². The average Bonchev–Trinajstić information content (AvgIpc) is 3.10. The van der Waals surface area contributed by atoms with E-state index >= 15 is 0 Å². The molecule has 0 saturated heterocycles. The van der Waals surface area contributed by atoms with Gasteiger partial charge in [-0.25, -0.2) is 0 Å². The summed E-state index contributed by atoms with van der Waals surface area (Å²) < 4.78 is 22.2. The van der Waals surface area contributed by atoms with E-state index in [0.717, 1.165) is 11.1 Å². The largest absolute Gasteiger partial charge is 0.502 e. The minimum atomic E-state index is -0.495. The first-order chi connectivity index (χ1) is 13.6. The summed E-state index contributed by atoms with van der Waals surface area (Å²) in [4.78, 5) is 0. The Bertz CT molecular complexity index is 809. The standard InChI is InChI=1S/C21H26O7/c1-25-16-9-13(10-17(26-2)19(16)24)20-15(11-23)14-7-12(5-4-6-22)8-18(27-3)21(14)28-20/h7-10,15,20,22-24H,4-6,11H2,1-3H3. The van der Waals surface area contributed by atoms with Crippen LogP contribution in [0.4, 0.5) is 0 Å². The number of aryl methyl sites for hydroxylation is 1. The summed E-state index contributed by atoms with van der Waals surface area (Å²) >= 11 is 0. The van der Waals surface area contributed by atoms with Crippen molar-refractivity contribution in [3.8, 4) is 28.7 Å². The van der Waals surface area contributed by atoms with Crippen LogP contribution in [0.1, 0.15) is 35.1 Å². The lowest BCUT2D eigenvalue weighted by molar-refractivity contribution is 0.156. The molecule has 0 amide bonds. The molecule has 0 fully saturated rings. The second-order valence-electron chi connectivity index (χ2n) is 6.65. The monoisotopic (exact) mass is 390 g/mol. The summed E-state index contributed by atoms with van der Waals surface area (Å²) in [6, 6.07) is 7.24. The van der Waals surface area contributed by atoms with Gasteiger partial charge in [-0.05, 0) is 36.6 Å². The van der Waals surface area contributed by atoms with Gasteiger partial charge >= 0.3 is 0 Å². The van der Waals surface area contributed by atoms with Crippen molar-refractivity contribution in [2.45, 2.75) is 24.9 Å². The summed E-state index contributed by atoms with van der Waals surface area (Å²) in [6.45, 7) is -0.0230. The maximum absolute atomic E-state index is 10.2. The molecule has 2 atom stereocenters. The molecule has 3 N–H and O–H groups in total. The number of phenols is 1. The summed E-state index contributed by atoms with van der Waals surface area (Å²) in [5.41, 5.74) is 2.57. The number of aliphatic hydroxyl groups is 2. The molecule has 0 radical (unpaired) electrons. The highest BCUT2D eigenvalue weighted by Crippen LogP contribution is 2.52. The van der Waals surface area contributed by atoms with E-state index in [9.17, 15) is 10.2 Å². The van der Waals surface area contributed by atoms with E-state index in [1.807, 2.05) is 12.1 Å². The zero-order valence-electron chi connectivity index (χ0n) is 16.3. The first-order valence-electron chi connectivity index (χ1n) is 9.11. The molecule has 0 aromatic heterocycles. The number of benzene rings is 2. The maximum atomic E-state index is 10.2. The van der Waals surface area contributed by atoms with Crippen molar-refractivity contribution in [1.82, 2.24) is 0 Å². The van der Waals surface area contributed by atoms with Crippen LogP contribution in [-0.2, 0) is 6.42 Å². The number of aliphatic hydroxyl groups excluding tert-OH is 2. The molecule has 152 valence electrons. The number of phenolic OH excluding ortho intramolecular Hbond substituents is 1. The molecule has 1 heterocycles. The maximum Gasteiger partial charge on any atom is 0.200 e. The minimum Gasteiger partial charge on any atom is -0.502 e. The van der Waals surface area contributed by atoms with Gasteiger partial charge in [0.15, 0.2) is 23.0 Å². The van der Waals surface area contributed by atoms with E-state index in [2.05, 4.69) is 0 Å². The molecule has 0 bridgehead atoms. The zero-order valence-corrected chi connectivity index (χ0v) is 16.3. The second kappa shape index (κ2) is 8.58. The van der Waals surface area contributed by atoms with Gasteiger partial charge < -0.3 is 34.3 Å².